The van der Waals surface area contributed by atoms with Crippen LogP contribution >= 0.6 is 11.3 Å². The first kappa shape index (κ1) is 25.8. The molecule has 39 heavy (non-hydrogen) atoms. The average Bonchev–Trinajstić information content (AvgIpc) is 3.40. The van der Waals surface area contributed by atoms with E-state index in [1.165, 1.54) is 24.3 Å². The van der Waals surface area contributed by atoms with Gasteiger partial charge in [-0.2, -0.15) is 4.98 Å². The number of nitrogens with one attached hydrogen (secondary N) is 1. The summed E-state index contributed by atoms with van der Waals surface area (Å²) in [4.78, 5) is 69.2. The normalized spacial score (nSPS) is 20.4. The van der Waals surface area contributed by atoms with E-state index in [9.17, 15) is 24.0 Å². The third-order valence-corrected chi connectivity index (χ3v) is 6.62. The van der Waals surface area contributed by atoms with Crippen molar-refractivity contribution < 1.29 is 33.3 Å². The van der Waals surface area contributed by atoms with Gasteiger partial charge >= 0.3 is 22.8 Å². The number of thiazole rings is 1. The molecule has 5 rings (SSSR count). The maximum atomic E-state index is 13.1. The Morgan fingerprint density at radius 3 is 2.05 bits per heavy atom. The van der Waals surface area contributed by atoms with Crippen LogP contribution in [0, 0.1) is 0 Å². The van der Waals surface area contributed by atoms with Crippen LogP contribution in [0.5, 0.6) is 0 Å². The Morgan fingerprint density at radius 2 is 1.49 bits per heavy atom. The van der Waals surface area contributed by atoms with Crippen molar-refractivity contribution in [1.29, 1.82) is 0 Å². The number of carbonyl (C=O) groups excluding carboxylic acids is 3. The molecule has 0 saturated carbocycles. The maximum Gasteiger partial charge on any atom is 0.338 e. The third kappa shape index (κ3) is 5.15. The highest BCUT2D eigenvalue weighted by molar-refractivity contribution is 7.16. The zero-order chi connectivity index (χ0) is 27.7. The van der Waals surface area contributed by atoms with Crippen molar-refractivity contribution in [2.75, 3.05) is 5.73 Å². The van der Waals surface area contributed by atoms with E-state index < -0.39 is 53.1 Å². The van der Waals surface area contributed by atoms with E-state index in [-0.39, 0.29) is 27.4 Å². The van der Waals surface area contributed by atoms with Crippen molar-refractivity contribution in [3.63, 3.8) is 0 Å². The van der Waals surface area contributed by atoms with Crippen molar-refractivity contribution in [3.8, 4) is 0 Å². The van der Waals surface area contributed by atoms with E-state index in [0.717, 1.165) is 11.5 Å². The highest BCUT2D eigenvalue weighted by Gasteiger charge is 2.53. The number of hydrogen-bond donors (Lipinski definition) is 2. The van der Waals surface area contributed by atoms with Gasteiger partial charge in [-0.1, -0.05) is 47.7 Å². The molecule has 1 aliphatic heterocycles. The number of rotatable bonds is 6. The van der Waals surface area contributed by atoms with Crippen LogP contribution in [0.2, 0.25) is 0 Å². The molecular formula is C25H20N4O9S. The number of carbonyl (C=O) groups is 3. The number of ether oxygens (including phenoxy) is 4. The molecule has 4 atom stereocenters. The molecule has 0 spiro atoms. The Morgan fingerprint density at radius 1 is 0.923 bits per heavy atom. The molecule has 13 nitrogen and oxygen atoms in total. The van der Waals surface area contributed by atoms with Gasteiger partial charge in [0.1, 0.15) is 4.70 Å². The lowest BCUT2D eigenvalue weighted by molar-refractivity contribution is -0.191. The Labute approximate surface area is 222 Å². The zero-order valence-corrected chi connectivity index (χ0v) is 21.0. The van der Waals surface area contributed by atoms with E-state index in [0.29, 0.717) is 11.3 Å². The quantitative estimate of drug-likeness (QED) is 0.262. The van der Waals surface area contributed by atoms with Gasteiger partial charge in [0.2, 0.25) is 18.3 Å². The van der Waals surface area contributed by atoms with Crippen LogP contribution in [0.4, 0.5) is 5.95 Å². The van der Waals surface area contributed by atoms with Crippen LogP contribution in [0.25, 0.3) is 10.3 Å². The van der Waals surface area contributed by atoms with Crippen molar-refractivity contribution in [2.24, 2.45) is 0 Å². The maximum absolute atomic E-state index is 13.1. The lowest BCUT2D eigenvalue weighted by atomic mass is 10.1. The van der Waals surface area contributed by atoms with Crippen LogP contribution in [0.3, 0.4) is 0 Å². The monoisotopic (exact) mass is 552 g/mol. The summed E-state index contributed by atoms with van der Waals surface area (Å²) in [6.07, 6.45) is -6.14. The highest BCUT2D eigenvalue weighted by atomic mass is 32.1. The van der Waals surface area contributed by atoms with E-state index in [4.69, 9.17) is 24.7 Å². The summed E-state index contributed by atoms with van der Waals surface area (Å²) in [6, 6.07) is 15.8. The molecule has 1 saturated heterocycles. The molecule has 0 bridgehead atoms. The molecule has 200 valence electrons. The molecule has 0 radical (unpaired) electrons. The molecule has 1 unspecified atom stereocenters. The first-order valence-corrected chi connectivity index (χ1v) is 12.3. The van der Waals surface area contributed by atoms with Crippen LogP contribution in [0.1, 0.15) is 33.9 Å². The smallest absolute Gasteiger partial charge is 0.338 e. The predicted octanol–water partition coefficient (Wildman–Crippen LogP) is 1.60. The second-order valence-corrected chi connectivity index (χ2v) is 9.28. The molecule has 0 aliphatic carbocycles. The lowest BCUT2D eigenvalue weighted by Gasteiger charge is -2.24. The highest BCUT2D eigenvalue weighted by Crippen LogP contribution is 2.36. The number of esters is 3. The second kappa shape index (κ2) is 10.5. The number of hydrogen-bond acceptors (Lipinski definition) is 12. The van der Waals surface area contributed by atoms with Crippen molar-refractivity contribution in [2.45, 2.75) is 31.6 Å². The number of nitrogens with zero attached hydrogens (tertiary/aromatic N) is 2. The SMILES string of the molecule is CC(=O)OC1O[C@@H](n2c(=O)sc3c(=O)[nH]c(N)nc32)[C@H](OC(=O)c2ccccc2)[C@@H]1OC(=O)c1ccccc1. The van der Waals surface area contributed by atoms with Gasteiger partial charge < -0.3 is 24.7 Å². The van der Waals surface area contributed by atoms with E-state index in [1.807, 2.05) is 0 Å². The minimum Gasteiger partial charge on any atom is -0.450 e. The molecular weight excluding hydrogens is 532 g/mol. The zero-order valence-electron chi connectivity index (χ0n) is 20.1. The standard InChI is InChI=1S/C25H20N4O9S/c1-12(30)35-23-16(37-22(33)14-10-6-3-7-11-14)15(36-21(32)13-8-4-2-5-9-13)20(38-23)29-18-17(39-25(29)34)19(31)28-24(26)27-18/h2-11,15-16,20,23H,1H3,(H3,26,27,28,31)/t15-,16+,20-,23?/m1/s1. The number of H-pyrrole nitrogens is 1. The molecule has 4 aromatic rings. The summed E-state index contributed by atoms with van der Waals surface area (Å²) in [6.45, 7) is 1.10. The number of anilines is 1. The molecule has 3 N–H and O–H groups in total. The molecule has 14 heteroatoms. The van der Waals surface area contributed by atoms with Gasteiger partial charge in [0.15, 0.2) is 18.0 Å². The van der Waals surface area contributed by atoms with Gasteiger partial charge in [0.25, 0.3) is 5.56 Å². The summed E-state index contributed by atoms with van der Waals surface area (Å²) < 4.78 is 23.4. The molecule has 2 aromatic carbocycles. The topological polar surface area (TPSA) is 182 Å². The number of nitrogen functional groups attached to an aromatic ring is 1. The molecule has 3 heterocycles. The van der Waals surface area contributed by atoms with E-state index in [2.05, 4.69) is 9.97 Å². The predicted molar refractivity (Wildman–Crippen MR) is 136 cm³/mol. The van der Waals surface area contributed by atoms with Crippen molar-refractivity contribution >= 4 is 45.5 Å². The minimum atomic E-state index is -1.59. The van der Waals surface area contributed by atoms with Crippen LogP contribution in [-0.2, 0) is 23.7 Å². The molecule has 1 fully saturated rings. The van der Waals surface area contributed by atoms with Gasteiger partial charge in [-0.15, -0.1) is 0 Å². The number of benzene rings is 2. The van der Waals surface area contributed by atoms with Crippen molar-refractivity contribution in [1.82, 2.24) is 14.5 Å². The average molecular weight is 553 g/mol. The summed E-state index contributed by atoms with van der Waals surface area (Å²) in [7, 11) is 0. The van der Waals surface area contributed by atoms with Gasteiger partial charge in [-0.25, -0.2) is 9.59 Å². The summed E-state index contributed by atoms with van der Waals surface area (Å²) in [5.41, 5.74) is 5.19. The fourth-order valence-corrected chi connectivity index (χ4v) is 4.87. The number of fused-ring (bicyclic) bond motifs is 1. The molecule has 0 amide bonds. The van der Waals surface area contributed by atoms with Gasteiger partial charge in [-0.05, 0) is 24.3 Å². The van der Waals surface area contributed by atoms with Crippen molar-refractivity contribution in [3.05, 3.63) is 91.8 Å². The number of aromatic nitrogens is 3. The Hall–Kier alpha value is -4.82. The first-order valence-electron chi connectivity index (χ1n) is 11.5. The number of aromatic amines is 1. The van der Waals surface area contributed by atoms with Gasteiger partial charge in [-0.3, -0.25) is 23.9 Å². The summed E-state index contributed by atoms with van der Waals surface area (Å²) in [5.74, 6) is -2.74. The Balaban J connectivity index is 1.62. The summed E-state index contributed by atoms with van der Waals surface area (Å²) >= 11 is 0.555. The van der Waals surface area contributed by atoms with Gasteiger partial charge in [0.05, 0.1) is 11.1 Å². The van der Waals surface area contributed by atoms with E-state index >= 15 is 0 Å². The van der Waals surface area contributed by atoms with Crippen LogP contribution in [0.15, 0.2) is 70.3 Å². The third-order valence-electron chi connectivity index (χ3n) is 5.68. The van der Waals surface area contributed by atoms with Crippen LogP contribution in [-0.4, -0.2) is 50.9 Å². The lowest BCUT2D eigenvalue weighted by Crippen LogP contribution is -2.41. The number of nitrogens with two attached hydrogens (primary N) is 1. The first-order chi connectivity index (χ1) is 18.7. The van der Waals surface area contributed by atoms with Crippen LogP contribution < -0.4 is 16.2 Å². The Bertz CT molecular complexity index is 1670. The van der Waals surface area contributed by atoms with E-state index in [1.54, 1.807) is 36.4 Å². The minimum absolute atomic E-state index is 0.0697. The second-order valence-electron chi connectivity index (χ2n) is 8.32. The Kier molecular flexibility index (Phi) is 6.96. The fraction of sp³-hybridized carbons (Fsp3) is 0.200. The largest absolute Gasteiger partial charge is 0.450 e. The fourth-order valence-electron chi connectivity index (χ4n) is 4.03. The van der Waals surface area contributed by atoms with Gasteiger partial charge in [0, 0.05) is 6.92 Å². The molecule has 2 aromatic heterocycles. The summed E-state index contributed by atoms with van der Waals surface area (Å²) in [5, 5.41) is 0. The molecule has 1 aliphatic rings.